The van der Waals surface area contributed by atoms with Crippen LogP contribution < -0.4 is 9.64 Å². The van der Waals surface area contributed by atoms with Crippen molar-refractivity contribution >= 4 is 5.69 Å². The number of hydrogen-bond acceptors (Lipinski definition) is 3. The van der Waals surface area contributed by atoms with Gasteiger partial charge in [-0.1, -0.05) is 43.7 Å². The van der Waals surface area contributed by atoms with Gasteiger partial charge in [-0.25, -0.2) is 4.98 Å². The number of aryl methyl sites for hydroxylation is 3. The van der Waals surface area contributed by atoms with Gasteiger partial charge < -0.3 is 9.64 Å². The van der Waals surface area contributed by atoms with E-state index < -0.39 is 0 Å². The molecule has 0 amide bonds. The fourth-order valence-electron chi connectivity index (χ4n) is 3.49. The zero-order valence-electron chi connectivity index (χ0n) is 17.6. The Morgan fingerprint density at radius 2 is 1.54 bits per heavy atom. The zero-order chi connectivity index (χ0) is 20.1. The molecule has 0 aliphatic heterocycles. The van der Waals surface area contributed by atoms with E-state index in [0.717, 1.165) is 17.7 Å². The summed E-state index contributed by atoms with van der Waals surface area (Å²) in [5.74, 6) is 0.658. The Hall–Kier alpha value is -2.81. The molecular formula is C25H30N2O. The maximum atomic E-state index is 5.98. The van der Waals surface area contributed by atoms with Crippen molar-refractivity contribution in [2.24, 2.45) is 0 Å². The molecule has 1 heterocycles. The predicted molar refractivity (Wildman–Crippen MR) is 118 cm³/mol. The van der Waals surface area contributed by atoms with E-state index in [4.69, 9.17) is 9.72 Å². The Labute approximate surface area is 169 Å². The molecule has 0 radical (unpaired) electrons. The second-order valence-electron chi connectivity index (χ2n) is 7.57. The predicted octanol–water partition coefficient (Wildman–Crippen LogP) is 5.96. The van der Waals surface area contributed by atoms with Crippen molar-refractivity contribution in [1.82, 2.24) is 4.98 Å². The van der Waals surface area contributed by atoms with Crippen LogP contribution in [0, 0.1) is 13.8 Å². The summed E-state index contributed by atoms with van der Waals surface area (Å²) in [4.78, 5) is 6.89. The summed E-state index contributed by atoms with van der Waals surface area (Å²) in [6.07, 6.45) is 2.29. The van der Waals surface area contributed by atoms with Gasteiger partial charge in [-0.05, 0) is 60.7 Å². The normalized spacial score (nSPS) is 10.8. The number of hydrogen-bond donors (Lipinski definition) is 0. The van der Waals surface area contributed by atoms with E-state index in [1.807, 2.05) is 12.1 Å². The first kappa shape index (κ1) is 19.9. The Kier molecular flexibility index (Phi) is 6.35. The van der Waals surface area contributed by atoms with E-state index in [-0.39, 0.29) is 0 Å². The van der Waals surface area contributed by atoms with Gasteiger partial charge in [0.2, 0.25) is 5.88 Å². The maximum absolute atomic E-state index is 5.98. The molecule has 0 aliphatic rings. The van der Waals surface area contributed by atoms with Crippen LogP contribution in [0.1, 0.15) is 35.6 Å². The molecule has 0 saturated carbocycles. The molecule has 3 nitrogen and oxygen atoms in total. The van der Waals surface area contributed by atoms with E-state index in [1.54, 1.807) is 0 Å². The molecule has 3 rings (SSSR count). The van der Waals surface area contributed by atoms with Crippen molar-refractivity contribution < 1.29 is 4.74 Å². The monoisotopic (exact) mass is 374 g/mol. The van der Waals surface area contributed by atoms with Crippen LogP contribution in [0.4, 0.5) is 5.69 Å². The maximum Gasteiger partial charge on any atom is 0.214 e. The summed E-state index contributed by atoms with van der Waals surface area (Å²) in [5, 5.41) is 0. The van der Waals surface area contributed by atoms with Crippen LogP contribution in [0.3, 0.4) is 0 Å². The lowest BCUT2D eigenvalue weighted by atomic mass is 9.98. The Balaban J connectivity index is 1.77. The molecular weight excluding hydrogens is 344 g/mol. The largest absolute Gasteiger partial charge is 0.473 e. The zero-order valence-corrected chi connectivity index (χ0v) is 17.6. The molecule has 0 unspecified atom stereocenters. The molecule has 0 aliphatic carbocycles. The van der Waals surface area contributed by atoms with Gasteiger partial charge in [-0.3, -0.25) is 0 Å². The summed E-state index contributed by atoms with van der Waals surface area (Å²) in [5.41, 5.74) is 8.32. The van der Waals surface area contributed by atoms with Crippen molar-refractivity contribution in [1.29, 1.82) is 0 Å². The van der Waals surface area contributed by atoms with E-state index in [1.165, 1.54) is 34.4 Å². The molecule has 28 heavy (non-hydrogen) atoms. The van der Waals surface area contributed by atoms with Gasteiger partial charge in [0.05, 0.1) is 5.69 Å². The van der Waals surface area contributed by atoms with Crippen molar-refractivity contribution in [2.75, 3.05) is 19.0 Å². The molecule has 146 valence electrons. The number of rotatable bonds is 7. The Morgan fingerprint density at radius 1 is 0.893 bits per heavy atom. The first-order valence-electron chi connectivity index (χ1n) is 9.94. The molecule has 0 bridgehead atoms. The molecule has 3 aromatic rings. The number of aromatic nitrogens is 1. The van der Waals surface area contributed by atoms with Crippen molar-refractivity contribution in [2.45, 2.75) is 40.2 Å². The highest BCUT2D eigenvalue weighted by Crippen LogP contribution is 2.30. The minimum atomic E-state index is 0.528. The smallest absolute Gasteiger partial charge is 0.214 e. The summed E-state index contributed by atoms with van der Waals surface area (Å²) < 4.78 is 5.98. The van der Waals surface area contributed by atoms with Gasteiger partial charge in [-0.15, -0.1) is 0 Å². The molecule has 1 aromatic heterocycles. The molecule has 0 spiro atoms. The lowest BCUT2D eigenvalue weighted by Gasteiger charge is -2.18. The van der Waals surface area contributed by atoms with Crippen LogP contribution in [0.2, 0.25) is 0 Å². The van der Waals surface area contributed by atoms with Gasteiger partial charge >= 0.3 is 0 Å². The number of pyridine rings is 1. The molecule has 0 saturated heterocycles. The number of nitrogens with zero attached hydrogens (tertiary/aromatic N) is 2. The summed E-state index contributed by atoms with van der Waals surface area (Å²) in [7, 11) is 4.13. The highest BCUT2D eigenvalue weighted by molar-refractivity contribution is 5.71. The van der Waals surface area contributed by atoms with Crippen molar-refractivity contribution in [3.05, 3.63) is 76.9 Å². The van der Waals surface area contributed by atoms with Crippen LogP contribution in [-0.2, 0) is 13.0 Å². The first-order valence-corrected chi connectivity index (χ1v) is 9.94. The van der Waals surface area contributed by atoms with Crippen LogP contribution in [0.5, 0.6) is 5.88 Å². The van der Waals surface area contributed by atoms with Gasteiger partial charge in [0.25, 0.3) is 0 Å². The SMILES string of the molecule is CCCc1ccc(COc2cccc(-c3c(C)cc(N(C)C)cc3C)n2)cc1. The third-order valence-electron chi connectivity index (χ3n) is 4.96. The van der Waals surface area contributed by atoms with Crippen LogP contribution in [0.15, 0.2) is 54.6 Å². The van der Waals surface area contributed by atoms with Gasteiger partial charge in [-0.2, -0.15) is 0 Å². The fraction of sp³-hybridized carbons (Fsp3) is 0.320. The van der Waals surface area contributed by atoms with Gasteiger partial charge in [0, 0.05) is 31.4 Å². The van der Waals surface area contributed by atoms with Crippen LogP contribution >= 0.6 is 0 Å². The summed E-state index contributed by atoms with van der Waals surface area (Å²) >= 11 is 0. The second-order valence-corrected chi connectivity index (χ2v) is 7.57. The van der Waals surface area contributed by atoms with E-state index in [2.05, 4.69) is 82.2 Å². The van der Waals surface area contributed by atoms with E-state index >= 15 is 0 Å². The second kappa shape index (κ2) is 8.92. The van der Waals surface area contributed by atoms with Gasteiger partial charge in [0.15, 0.2) is 0 Å². The molecule has 0 fully saturated rings. The molecule has 0 atom stereocenters. The first-order chi connectivity index (χ1) is 13.5. The minimum Gasteiger partial charge on any atom is -0.473 e. The lowest BCUT2D eigenvalue weighted by molar-refractivity contribution is 0.294. The molecule has 3 heteroatoms. The highest BCUT2D eigenvalue weighted by Gasteiger charge is 2.11. The highest BCUT2D eigenvalue weighted by atomic mass is 16.5. The topological polar surface area (TPSA) is 25.4 Å². The van der Waals surface area contributed by atoms with Gasteiger partial charge in [0.1, 0.15) is 6.61 Å². The van der Waals surface area contributed by atoms with Crippen molar-refractivity contribution in [3.8, 4) is 17.1 Å². The molecule has 0 N–H and O–H groups in total. The standard InChI is InChI=1S/C25H30N2O/c1-6-8-20-11-13-21(14-12-20)17-28-24-10-7-9-23(26-24)25-18(2)15-22(27(4)5)16-19(25)3/h7,9-16H,6,8,17H2,1-5H3. The third-order valence-corrected chi connectivity index (χ3v) is 4.96. The van der Waals surface area contributed by atoms with Crippen LogP contribution in [0.25, 0.3) is 11.3 Å². The fourth-order valence-corrected chi connectivity index (χ4v) is 3.49. The summed E-state index contributed by atoms with van der Waals surface area (Å²) in [6, 6.07) is 19.1. The number of ether oxygens (including phenoxy) is 1. The number of benzene rings is 2. The van der Waals surface area contributed by atoms with Crippen LogP contribution in [-0.4, -0.2) is 19.1 Å². The average Bonchev–Trinajstić information content (AvgIpc) is 2.67. The Bertz CT molecular complexity index is 907. The minimum absolute atomic E-state index is 0.528. The average molecular weight is 375 g/mol. The Morgan fingerprint density at radius 3 is 2.14 bits per heavy atom. The third kappa shape index (κ3) is 4.72. The van der Waals surface area contributed by atoms with E-state index in [0.29, 0.717) is 12.5 Å². The number of anilines is 1. The molecule has 2 aromatic carbocycles. The lowest BCUT2D eigenvalue weighted by Crippen LogP contribution is -2.09. The quantitative estimate of drug-likeness (QED) is 0.510. The van der Waals surface area contributed by atoms with Crippen molar-refractivity contribution in [3.63, 3.8) is 0 Å². The summed E-state index contributed by atoms with van der Waals surface area (Å²) in [6.45, 7) is 7.01. The van der Waals surface area contributed by atoms with E-state index in [9.17, 15) is 0 Å².